The van der Waals surface area contributed by atoms with Crippen LogP contribution < -0.4 is 5.76 Å². The summed E-state index contributed by atoms with van der Waals surface area (Å²) in [5, 5.41) is 0. The molecule has 0 atom stereocenters. The van der Waals surface area contributed by atoms with Gasteiger partial charge in [0, 0.05) is 46.1 Å². The van der Waals surface area contributed by atoms with Crippen LogP contribution in [-0.2, 0) is 16.1 Å². The van der Waals surface area contributed by atoms with Crippen molar-refractivity contribution in [3.05, 3.63) is 34.8 Å². The molecule has 2 heterocycles. The molecule has 1 aromatic carbocycles. The molecule has 0 N–H and O–H groups in total. The maximum atomic E-state index is 12.4. The van der Waals surface area contributed by atoms with Gasteiger partial charge in [0.1, 0.15) is 0 Å². The number of carbonyl (C=O) groups is 2. The molecule has 1 aliphatic rings. The zero-order chi connectivity index (χ0) is 17.1. The molecule has 1 saturated heterocycles. The number of oxazole rings is 1. The molecule has 2 aromatic rings. The summed E-state index contributed by atoms with van der Waals surface area (Å²) in [4.78, 5) is 39.4. The van der Waals surface area contributed by atoms with E-state index in [0.717, 1.165) is 6.42 Å². The summed E-state index contributed by atoms with van der Waals surface area (Å²) in [6.07, 6.45) is 1.02. The number of benzene rings is 1. The Morgan fingerprint density at radius 2 is 1.79 bits per heavy atom. The summed E-state index contributed by atoms with van der Waals surface area (Å²) in [7, 11) is 0. The van der Waals surface area contributed by atoms with E-state index in [1.165, 1.54) is 4.57 Å². The van der Waals surface area contributed by atoms with Crippen LogP contribution in [0.25, 0.3) is 11.1 Å². The molecule has 1 fully saturated rings. The minimum absolute atomic E-state index is 0.00224. The lowest BCUT2D eigenvalue weighted by Crippen LogP contribution is -2.37. The van der Waals surface area contributed by atoms with E-state index in [1.54, 1.807) is 34.9 Å². The van der Waals surface area contributed by atoms with Crippen molar-refractivity contribution in [1.29, 1.82) is 0 Å². The first kappa shape index (κ1) is 16.3. The van der Waals surface area contributed by atoms with Crippen molar-refractivity contribution in [1.82, 2.24) is 14.4 Å². The van der Waals surface area contributed by atoms with Gasteiger partial charge in [0.2, 0.25) is 11.8 Å². The summed E-state index contributed by atoms with van der Waals surface area (Å²) in [5.41, 5.74) is 1.23. The standard InChI is InChI=1S/C17H21N3O4/c1-13(21)18-8-4-9-19(12-11-18)16(22)7-10-20-14-5-2-3-6-15(14)24-17(20)23/h2-3,5-6H,4,7-12H2,1H3. The van der Waals surface area contributed by atoms with E-state index in [9.17, 15) is 14.4 Å². The average molecular weight is 331 g/mol. The summed E-state index contributed by atoms with van der Waals surface area (Å²) >= 11 is 0. The smallest absolute Gasteiger partial charge is 0.408 e. The molecule has 0 unspecified atom stereocenters. The second-order valence-corrected chi connectivity index (χ2v) is 5.98. The van der Waals surface area contributed by atoms with Gasteiger partial charge in [0.15, 0.2) is 5.58 Å². The SMILES string of the molecule is CC(=O)N1CCCN(C(=O)CCn2c(=O)oc3ccccc32)CC1. The fourth-order valence-corrected chi connectivity index (χ4v) is 3.07. The molecule has 2 amide bonds. The number of hydrogen-bond acceptors (Lipinski definition) is 4. The van der Waals surface area contributed by atoms with Crippen molar-refractivity contribution in [3.63, 3.8) is 0 Å². The summed E-state index contributed by atoms with van der Waals surface area (Å²) in [6.45, 7) is 4.28. The number of nitrogens with zero attached hydrogens (tertiary/aromatic N) is 3. The number of aryl methyl sites for hydroxylation is 1. The first-order valence-electron chi connectivity index (χ1n) is 8.18. The topological polar surface area (TPSA) is 75.8 Å². The molecule has 24 heavy (non-hydrogen) atoms. The molecule has 0 bridgehead atoms. The molecule has 1 aliphatic heterocycles. The largest absolute Gasteiger partial charge is 0.419 e. The molecule has 128 valence electrons. The van der Waals surface area contributed by atoms with E-state index < -0.39 is 5.76 Å². The fraction of sp³-hybridized carbons (Fsp3) is 0.471. The van der Waals surface area contributed by atoms with Crippen LogP contribution in [0.1, 0.15) is 19.8 Å². The van der Waals surface area contributed by atoms with E-state index in [2.05, 4.69) is 0 Å². The van der Waals surface area contributed by atoms with Crippen LogP contribution in [0, 0.1) is 0 Å². The van der Waals surface area contributed by atoms with Crippen LogP contribution in [0.3, 0.4) is 0 Å². The van der Waals surface area contributed by atoms with E-state index in [0.29, 0.717) is 43.8 Å². The Morgan fingerprint density at radius 3 is 2.58 bits per heavy atom. The third-order valence-corrected chi connectivity index (χ3v) is 4.42. The van der Waals surface area contributed by atoms with E-state index in [1.807, 2.05) is 6.07 Å². The summed E-state index contributed by atoms with van der Waals surface area (Å²) in [5.74, 6) is -0.402. The number of carbonyl (C=O) groups excluding carboxylic acids is 2. The predicted molar refractivity (Wildman–Crippen MR) is 88.5 cm³/mol. The van der Waals surface area contributed by atoms with E-state index >= 15 is 0 Å². The van der Waals surface area contributed by atoms with Crippen molar-refractivity contribution in [2.75, 3.05) is 26.2 Å². The highest BCUT2D eigenvalue weighted by Crippen LogP contribution is 2.13. The average Bonchev–Trinajstić information content (AvgIpc) is 2.74. The zero-order valence-electron chi connectivity index (χ0n) is 13.7. The lowest BCUT2D eigenvalue weighted by Gasteiger charge is -2.21. The van der Waals surface area contributed by atoms with Crippen LogP contribution in [-0.4, -0.2) is 52.4 Å². The molecule has 0 saturated carbocycles. The van der Waals surface area contributed by atoms with Gasteiger partial charge in [-0.25, -0.2) is 4.79 Å². The Labute approximate surface area is 139 Å². The van der Waals surface area contributed by atoms with Gasteiger partial charge in [-0.2, -0.15) is 0 Å². The highest BCUT2D eigenvalue weighted by molar-refractivity contribution is 5.77. The Bertz CT molecular complexity index is 808. The third kappa shape index (κ3) is 3.34. The first-order chi connectivity index (χ1) is 11.6. The Kier molecular flexibility index (Phi) is 4.69. The Hall–Kier alpha value is -2.57. The van der Waals surface area contributed by atoms with Gasteiger partial charge in [-0.3, -0.25) is 14.2 Å². The Morgan fingerprint density at radius 1 is 1.08 bits per heavy atom. The molecule has 0 spiro atoms. The second-order valence-electron chi connectivity index (χ2n) is 5.98. The summed E-state index contributed by atoms with van der Waals surface area (Å²) < 4.78 is 6.67. The van der Waals surface area contributed by atoms with Gasteiger partial charge in [-0.1, -0.05) is 12.1 Å². The normalized spacial score (nSPS) is 15.5. The van der Waals surface area contributed by atoms with Crippen molar-refractivity contribution in [3.8, 4) is 0 Å². The van der Waals surface area contributed by atoms with E-state index in [-0.39, 0.29) is 18.2 Å². The van der Waals surface area contributed by atoms with Crippen molar-refractivity contribution in [2.45, 2.75) is 26.3 Å². The first-order valence-corrected chi connectivity index (χ1v) is 8.18. The van der Waals surface area contributed by atoms with Gasteiger partial charge in [0.05, 0.1) is 5.52 Å². The van der Waals surface area contributed by atoms with Crippen LogP contribution in [0.4, 0.5) is 0 Å². The third-order valence-electron chi connectivity index (χ3n) is 4.42. The van der Waals surface area contributed by atoms with Crippen LogP contribution in [0.15, 0.2) is 33.5 Å². The van der Waals surface area contributed by atoms with Gasteiger partial charge < -0.3 is 14.2 Å². The van der Waals surface area contributed by atoms with Crippen molar-refractivity contribution >= 4 is 22.9 Å². The lowest BCUT2D eigenvalue weighted by molar-refractivity contribution is -0.132. The number of aromatic nitrogens is 1. The van der Waals surface area contributed by atoms with Crippen LogP contribution >= 0.6 is 0 Å². The molecular formula is C17H21N3O4. The zero-order valence-corrected chi connectivity index (χ0v) is 13.7. The number of fused-ring (bicyclic) bond motifs is 1. The van der Waals surface area contributed by atoms with Crippen LogP contribution in [0.2, 0.25) is 0 Å². The van der Waals surface area contributed by atoms with E-state index in [4.69, 9.17) is 4.42 Å². The molecule has 0 aliphatic carbocycles. The van der Waals surface area contributed by atoms with Gasteiger partial charge in [0.25, 0.3) is 0 Å². The van der Waals surface area contributed by atoms with Crippen LogP contribution in [0.5, 0.6) is 0 Å². The minimum atomic E-state index is -0.442. The molecule has 7 nitrogen and oxygen atoms in total. The van der Waals surface area contributed by atoms with Crippen molar-refractivity contribution in [2.24, 2.45) is 0 Å². The Balaban J connectivity index is 1.64. The molecule has 3 rings (SSSR count). The van der Waals surface area contributed by atoms with Gasteiger partial charge >= 0.3 is 5.76 Å². The minimum Gasteiger partial charge on any atom is -0.408 e. The quantitative estimate of drug-likeness (QED) is 0.843. The fourth-order valence-electron chi connectivity index (χ4n) is 3.07. The second kappa shape index (κ2) is 6.90. The maximum absolute atomic E-state index is 12.4. The summed E-state index contributed by atoms with van der Waals surface area (Å²) in [6, 6.07) is 7.18. The van der Waals surface area contributed by atoms with Gasteiger partial charge in [-0.05, 0) is 18.6 Å². The number of para-hydroxylation sites is 2. The molecule has 1 aromatic heterocycles. The van der Waals surface area contributed by atoms with Gasteiger partial charge in [-0.15, -0.1) is 0 Å². The molecular weight excluding hydrogens is 310 g/mol. The maximum Gasteiger partial charge on any atom is 0.419 e. The lowest BCUT2D eigenvalue weighted by atomic mass is 10.3. The highest BCUT2D eigenvalue weighted by Gasteiger charge is 2.20. The number of amides is 2. The number of rotatable bonds is 3. The van der Waals surface area contributed by atoms with Crippen molar-refractivity contribution < 1.29 is 14.0 Å². The molecule has 7 heteroatoms. The predicted octanol–water partition coefficient (Wildman–Crippen LogP) is 1.07. The monoisotopic (exact) mass is 331 g/mol. The molecule has 0 radical (unpaired) electrons. The number of hydrogen-bond donors (Lipinski definition) is 0. The highest BCUT2D eigenvalue weighted by atomic mass is 16.4.